The van der Waals surface area contributed by atoms with Crippen molar-refractivity contribution in [2.24, 2.45) is 11.3 Å². The van der Waals surface area contributed by atoms with Gasteiger partial charge in [-0.25, -0.2) is 18.6 Å². The third-order valence-electron chi connectivity index (χ3n) is 10.2. The van der Waals surface area contributed by atoms with Crippen LogP contribution in [-0.4, -0.2) is 4.21 Å². The number of hydrogen-bond acceptors (Lipinski definition) is 0. The molecule has 4 aromatic carbocycles. The minimum atomic E-state index is -0.234. The Labute approximate surface area is 358 Å². The molecule has 55 heavy (non-hydrogen) atoms. The van der Waals surface area contributed by atoms with Gasteiger partial charge in [-0.15, -0.1) is 61.6 Å². The predicted molar refractivity (Wildman–Crippen MR) is 234 cm³/mol. The normalized spacial score (nSPS) is 16.9. The summed E-state index contributed by atoms with van der Waals surface area (Å²) in [5.41, 5.74) is 16.7. The first-order valence-electron chi connectivity index (χ1n) is 18.4. The van der Waals surface area contributed by atoms with Crippen molar-refractivity contribution in [1.29, 1.82) is 0 Å². The molecule has 0 fully saturated rings. The molecule has 292 valence electrons. The van der Waals surface area contributed by atoms with E-state index in [4.69, 9.17) is 0 Å². The second-order valence-electron chi connectivity index (χ2n) is 16.4. The molecular formula is C50H56Cl2F2Zr-4. The van der Waals surface area contributed by atoms with E-state index in [-0.39, 0.29) is 47.3 Å². The van der Waals surface area contributed by atoms with Crippen LogP contribution in [0.5, 0.6) is 0 Å². The van der Waals surface area contributed by atoms with Gasteiger partial charge >= 0.3 is 28.4 Å². The van der Waals surface area contributed by atoms with Crippen LogP contribution in [0.1, 0.15) is 109 Å². The quantitative estimate of drug-likeness (QED) is 0.136. The molecule has 1 atom stereocenters. The number of allylic oxidation sites excluding steroid dienone is 8. The first-order valence-corrected chi connectivity index (χ1v) is 20.2. The van der Waals surface area contributed by atoms with Crippen molar-refractivity contribution in [3.05, 3.63) is 172 Å². The van der Waals surface area contributed by atoms with E-state index in [0.717, 1.165) is 12.8 Å². The van der Waals surface area contributed by atoms with Gasteiger partial charge in [0, 0.05) is 11.6 Å². The average molecular weight is 857 g/mol. The minimum absolute atomic E-state index is 0. The van der Waals surface area contributed by atoms with Crippen LogP contribution in [0.15, 0.2) is 103 Å². The van der Waals surface area contributed by atoms with Gasteiger partial charge in [-0.3, -0.25) is 14.9 Å². The van der Waals surface area contributed by atoms with Crippen LogP contribution >= 0.6 is 24.8 Å². The summed E-state index contributed by atoms with van der Waals surface area (Å²) in [6.45, 7) is 22.8. The van der Waals surface area contributed by atoms with Gasteiger partial charge in [-0.2, -0.15) is 53.6 Å². The Morgan fingerprint density at radius 1 is 0.782 bits per heavy atom. The molecule has 0 nitrogen and oxygen atoms in total. The zero-order valence-electron chi connectivity index (χ0n) is 34.1. The van der Waals surface area contributed by atoms with Crippen LogP contribution in [0.3, 0.4) is 0 Å². The molecule has 0 bridgehead atoms. The van der Waals surface area contributed by atoms with Gasteiger partial charge in [0.1, 0.15) is 0 Å². The zero-order chi connectivity index (χ0) is 39.1. The Morgan fingerprint density at radius 3 is 1.69 bits per heavy atom. The third kappa shape index (κ3) is 12.2. The molecule has 0 N–H and O–H groups in total. The summed E-state index contributed by atoms with van der Waals surface area (Å²) in [5.74, 6) is 0.0548. The van der Waals surface area contributed by atoms with Gasteiger partial charge in [0.25, 0.3) is 0 Å². The molecule has 4 aliphatic rings. The first-order chi connectivity index (χ1) is 25.0. The second kappa shape index (κ2) is 20.4. The molecule has 0 radical (unpaired) electrons. The summed E-state index contributed by atoms with van der Waals surface area (Å²) in [6, 6.07) is 27.0. The van der Waals surface area contributed by atoms with E-state index in [1.54, 1.807) is 24.3 Å². The molecule has 0 spiro atoms. The molecule has 1 unspecified atom stereocenters. The number of rotatable bonds is 0. The summed E-state index contributed by atoms with van der Waals surface area (Å²) in [7, 11) is 0. The number of fused-ring (bicyclic) bond motifs is 5. The maximum atomic E-state index is 11.9. The van der Waals surface area contributed by atoms with Crippen LogP contribution in [0, 0.1) is 47.6 Å². The fourth-order valence-electron chi connectivity index (χ4n) is 6.97. The van der Waals surface area contributed by atoms with Gasteiger partial charge in [0.2, 0.25) is 0 Å². The van der Waals surface area contributed by atoms with E-state index < -0.39 is 0 Å². The molecule has 0 heterocycles. The summed E-state index contributed by atoms with van der Waals surface area (Å²) >= 11 is 1.30. The molecular weight excluding hydrogens is 801 g/mol. The average Bonchev–Trinajstić information content (AvgIpc) is 3.73. The summed E-state index contributed by atoms with van der Waals surface area (Å²) in [4.78, 5) is 0. The fraction of sp³-hybridized carbons (Fsp3) is 0.320. The Balaban J connectivity index is 0.000000306. The standard InChI is InChI=1S/C27H29.C10H15.2C6H4F.CH2.2ClH.Zr/c1-16-7-9-26(3,4)24-12-18-11-19-13-25-21(17(2)8-10-27(25,5)6)15-23(19)22(18)14-20(16)24;1-8-5-6-9(7-8)10(2,3)4;2*7-6-4-2-1-3-5-6;;;;/h7-9,12-15H,10-11H2,1-6H3;6-8H,1-4H3;2*1-2,4-5H;1H2;2*1H;/q4*-1;;;;. The fourth-order valence-corrected chi connectivity index (χ4v) is 6.97. The molecule has 0 amide bonds. The zero-order valence-corrected chi connectivity index (χ0v) is 38.2. The van der Waals surface area contributed by atoms with Crippen molar-refractivity contribution in [1.82, 2.24) is 0 Å². The van der Waals surface area contributed by atoms with Gasteiger partial charge in [0.05, 0.1) is 0 Å². The number of hydrogen-bond donors (Lipinski definition) is 0. The molecule has 0 saturated heterocycles. The molecule has 4 aromatic rings. The van der Waals surface area contributed by atoms with E-state index in [1.165, 1.54) is 110 Å². The summed E-state index contributed by atoms with van der Waals surface area (Å²) in [5, 5.41) is 0. The van der Waals surface area contributed by atoms with Crippen LogP contribution < -0.4 is 0 Å². The Kier molecular flexibility index (Phi) is 17.8. The SMILES string of the molecule is CC1=C[CH-]C(C)(C)c2cc3c(cc21)-c1cc2c(cc1C3)C(C)(C)CC=C2C.CC1[C-]=CC(C(C)(C)C)=C1.Cl.Cl.Fc1c[c-]ccc1.Fc1c[c-]ccc1.[CH2]=[Zr]. The summed E-state index contributed by atoms with van der Waals surface area (Å²) < 4.78 is 27.1. The molecule has 8 rings (SSSR count). The molecule has 0 aromatic heterocycles. The Hall–Kier alpha value is -3.10. The van der Waals surface area contributed by atoms with E-state index >= 15 is 0 Å². The van der Waals surface area contributed by atoms with Crippen molar-refractivity contribution >= 4 is 40.2 Å². The van der Waals surface area contributed by atoms with Crippen LogP contribution in [0.4, 0.5) is 8.78 Å². The Bertz CT molecular complexity index is 1890. The van der Waals surface area contributed by atoms with Gasteiger partial charge in [-0.05, 0) is 70.2 Å². The third-order valence-corrected chi connectivity index (χ3v) is 10.2. The number of benzene rings is 4. The van der Waals surface area contributed by atoms with Crippen LogP contribution in [-0.2, 0) is 41.5 Å². The maximum absolute atomic E-state index is 11.9. The van der Waals surface area contributed by atoms with Crippen molar-refractivity contribution in [3.8, 4) is 11.1 Å². The molecule has 0 aliphatic heterocycles. The molecule has 0 saturated carbocycles. The predicted octanol–water partition coefficient (Wildman–Crippen LogP) is 14.3. The van der Waals surface area contributed by atoms with E-state index in [1.807, 2.05) is 0 Å². The summed E-state index contributed by atoms with van der Waals surface area (Å²) in [6.07, 6.45) is 16.9. The van der Waals surface area contributed by atoms with E-state index in [9.17, 15) is 8.78 Å². The van der Waals surface area contributed by atoms with Crippen molar-refractivity contribution in [3.63, 3.8) is 0 Å². The van der Waals surface area contributed by atoms with Gasteiger partial charge < -0.3 is 0 Å². The van der Waals surface area contributed by atoms with Crippen molar-refractivity contribution in [2.75, 3.05) is 0 Å². The van der Waals surface area contributed by atoms with Crippen LogP contribution in [0.2, 0.25) is 0 Å². The Morgan fingerprint density at radius 2 is 1.29 bits per heavy atom. The molecule has 5 heteroatoms. The van der Waals surface area contributed by atoms with Crippen molar-refractivity contribution < 1.29 is 33.0 Å². The first kappa shape index (κ1) is 48.1. The number of halogens is 4. The van der Waals surface area contributed by atoms with Crippen LogP contribution in [0.25, 0.3) is 22.3 Å². The van der Waals surface area contributed by atoms with E-state index in [0.29, 0.717) is 11.3 Å². The van der Waals surface area contributed by atoms with E-state index in [2.05, 4.69) is 147 Å². The topological polar surface area (TPSA) is 0 Å². The second-order valence-corrected chi connectivity index (χ2v) is 16.4. The van der Waals surface area contributed by atoms with Gasteiger partial charge in [0.15, 0.2) is 0 Å². The van der Waals surface area contributed by atoms with Crippen molar-refractivity contribution in [2.45, 2.75) is 92.9 Å². The molecule has 4 aliphatic carbocycles. The monoisotopic (exact) mass is 854 g/mol. The van der Waals surface area contributed by atoms with Gasteiger partial charge in [-0.1, -0.05) is 102 Å².